The molecule has 2 saturated heterocycles. The first-order chi connectivity index (χ1) is 29.5. The van der Waals surface area contributed by atoms with Crippen molar-refractivity contribution in [3.63, 3.8) is 0 Å². The van der Waals surface area contributed by atoms with Crippen LogP contribution in [0.25, 0.3) is 0 Å². The van der Waals surface area contributed by atoms with E-state index in [1.165, 1.54) is 17.1 Å². The van der Waals surface area contributed by atoms with Gasteiger partial charge in [0, 0.05) is 64.6 Å². The van der Waals surface area contributed by atoms with Gasteiger partial charge < -0.3 is 49.9 Å². The van der Waals surface area contributed by atoms with Crippen LogP contribution < -0.4 is 0 Å². The summed E-state index contributed by atoms with van der Waals surface area (Å²) in [4.78, 5) is 57.2. The van der Waals surface area contributed by atoms with Gasteiger partial charge in [-0.2, -0.15) is 0 Å². The van der Waals surface area contributed by atoms with Crippen molar-refractivity contribution in [3.05, 3.63) is 12.2 Å². The molecule has 0 aromatic heterocycles. The molecule has 3 rings (SSSR count). The van der Waals surface area contributed by atoms with Gasteiger partial charge in [0.25, 0.3) is 11.8 Å². The molecule has 3 aliphatic rings. The smallest absolute Gasteiger partial charge is 0.317 e. The van der Waals surface area contributed by atoms with E-state index in [1.54, 1.807) is 0 Å². The second-order valence-corrected chi connectivity index (χ2v) is 17.1. The molecule has 0 aromatic carbocycles. The number of hydrogen-bond donors (Lipinski definition) is 6. The van der Waals surface area contributed by atoms with Crippen LogP contribution in [-0.2, 0) is 28.7 Å². The maximum atomic E-state index is 11.8. The summed E-state index contributed by atoms with van der Waals surface area (Å²) in [5.74, 6) is -2.06. The normalized spacial score (nSPS) is 24.7. The van der Waals surface area contributed by atoms with E-state index in [0.29, 0.717) is 39.3 Å². The Balaban J connectivity index is 1.32. The Morgan fingerprint density at radius 3 is 1.38 bits per heavy atom. The highest BCUT2D eigenvalue weighted by atomic mass is 16.7. The Bertz CT molecular complexity index is 1260. The molecule has 2 unspecified atom stereocenters. The summed E-state index contributed by atoms with van der Waals surface area (Å²) in [6.45, 7) is 8.24. The number of unbranched alkanes of at least 4 members (excludes halogenated alkanes) is 14. The first-order valence-electron chi connectivity index (χ1n) is 23.3. The van der Waals surface area contributed by atoms with Crippen LogP contribution in [0.15, 0.2) is 12.2 Å². The van der Waals surface area contributed by atoms with Crippen LogP contribution in [-0.4, -0.2) is 208 Å². The van der Waals surface area contributed by atoms with Gasteiger partial charge in [-0.15, -0.1) is 0 Å². The Morgan fingerprint density at radius 2 is 0.934 bits per heavy atom. The van der Waals surface area contributed by atoms with Crippen molar-refractivity contribution in [2.24, 2.45) is 0 Å². The van der Waals surface area contributed by atoms with Gasteiger partial charge in [0.15, 0.2) is 6.29 Å². The summed E-state index contributed by atoms with van der Waals surface area (Å²) in [5, 5.41) is 58.6. The number of imide groups is 1. The molecule has 17 heteroatoms. The fourth-order valence-corrected chi connectivity index (χ4v) is 8.41. The Labute approximate surface area is 363 Å². The molecule has 0 aliphatic carbocycles. The number of nitrogens with zero attached hydrogens (tertiary/aromatic N) is 5. The number of rotatable bonds is 28. The largest absolute Gasteiger partial charge is 0.480 e. The summed E-state index contributed by atoms with van der Waals surface area (Å²) < 4.78 is 11.0. The average Bonchev–Trinajstić information content (AvgIpc) is 3.55. The van der Waals surface area contributed by atoms with Gasteiger partial charge in [-0.05, 0) is 64.7 Å². The predicted molar refractivity (Wildman–Crippen MR) is 230 cm³/mol. The second kappa shape index (κ2) is 31.3. The average molecular weight is 870 g/mol. The number of carboxylic acid groups (broad SMARTS) is 2. The lowest BCUT2D eigenvalue weighted by atomic mass is 9.99. The molecule has 3 heterocycles. The molecular formula is C44H79N5O12. The van der Waals surface area contributed by atoms with Crippen LogP contribution in [0.4, 0.5) is 0 Å². The maximum absolute atomic E-state index is 11.8. The molecule has 0 aromatic rings. The summed E-state index contributed by atoms with van der Waals surface area (Å²) in [5.41, 5.74) is 0. The number of aliphatic hydroxyl groups is 4. The highest BCUT2D eigenvalue weighted by molar-refractivity contribution is 6.12. The van der Waals surface area contributed by atoms with E-state index >= 15 is 0 Å². The standard InChI is InChI=1S/C44H79N5O12/c50-35-36-41(57)42(58)43(59)44(61-36)60-32-16-12-8-4-3-6-10-14-22-46-24-18-26-47(33-39(53)54)30-28-45(23-17-25-48(31-29-46)34-40(55)56)21-13-9-5-1-2-7-11-15-27-49-37(51)19-20-38(49)52/h19-20,36,41-44,50,57-59H,1-18,21-35H2,(H,53,54)(H,55,56)/t36?,41-,42?,43+,44-/m1/s1. The van der Waals surface area contributed by atoms with Crippen molar-refractivity contribution >= 4 is 23.8 Å². The molecule has 6 N–H and O–H groups in total. The van der Waals surface area contributed by atoms with Gasteiger partial charge in [-0.1, -0.05) is 77.0 Å². The predicted octanol–water partition coefficient (Wildman–Crippen LogP) is 2.14. The lowest BCUT2D eigenvalue weighted by Crippen LogP contribution is -2.59. The van der Waals surface area contributed by atoms with Crippen molar-refractivity contribution in [2.75, 3.05) is 98.3 Å². The maximum Gasteiger partial charge on any atom is 0.317 e. The number of hydrogen-bond acceptors (Lipinski definition) is 14. The van der Waals surface area contributed by atoms with E-state index in [4.69, 9.17) is 9.47 Å². The lowest BCUT2D eigenvalue weighted by Gasteiger charge is -2.39. The minimum atomic E-state index is -1.44. The molecule has 0 spiro atoms. The number of ether oxygens (including phenoxy) is 2. The third kappa shape index (κ3) is 22.1. The molecule has 352 valence electrons. The van der Waals surface area contributed by atoms with Crippen LogP contribution in [0.1, 0.15) is 116 Å². The minimum Gasteiger partial charge on any atom is -0.480 e. The monoisotopic (exact) mass is 870 g/mol. The third-order valence-electron chi connectivity index (χ3n) is 12.1. The van der Waals surface area contributed by atoms with Crippen molar-refractivity contribution in [2.45, 2.75) is 146 Å². The molecule has 17 nitrogen and oxygen atoms in total. The molecule has 0 saturated carbocycles. The van der Waals surface area contributed by atoms with E-state index in [1.807, 2.05) is 0 Å². The van der Waals surface area contributed by atoms with Crippen molar-refractivity contribution in [1.82, 2.24) is 24.5 Å². The zero-order valence-corrected chi connectivity index (χ0v) is 36.7. The van der Waals surface area contributed by atoms with Crippen molar-refractivity contribution in [3.8, 4) is 0 Å². The van der Waals surface area contributed by atoms with Gasteiger partial charge >= 0.3 is 11.9 Å². The Kier molecular flexibility index (Phi) is 27.1. The number of carbonyl (C=O) groups is 4. The zero-order valence-electron chi connectivity index (χ0n) is 36.7. The number of carbonyl (C=O) groups excluding carboxylic acids is 2. The van der Waals surface area contributed by atoms with Crippen molar-refractivity contribution < 1.29 is 59.3 Å². The number of carboxylic acids is 2. The van der Waals surface area contributed by atoms with E-state index in [-0.39, 0.29) is 24.9 Å². The number of aliphatic hydroxyl groups excluding tert-OH is 4. The Hall–Kier alpha value is -2.58. The fraction of sp³-hybridized carbons (Fsp3) is 0.864. The SMILES string of the molecule is O=C(O)CN1CCCN(CCCCCCCCCCN2C(=O)C=CC2=O)CCN(CC(=O)O)CCCN(CCCCCCCCCCO[C@@H]2OC(CO)[C@@H](O)C(O)[C@@H]2O)CC1. The van der Waals surface area contributed by atoms with Gasteiger partial charge in [-0.25, -0.2) is 0 Å². The van der Waals surface area contributed by atoms with Crippen LogP contribution in [0, 0.1) is 0 Å². The topological polar surface area (TPSA) is 224 Å². The number of amides is 2. The first kappa shape index (κ1) is 52.8. The first-order valence-corrected chi connectivity index (χ1v) is 23.3. The summed E-state index contributed by atoms with van der Waals surface area (Å²) in [6.07, 6.45) is 14.9. The molecule has 3 aliphatic heterocycles. The van der Waals surface area contributed by atoms with E-state index in [0.717, 1.165) is 155 Å². The quantitative estimate of drug-likeness (QED) is 0.0490. The highest BCUT2D eigenvalue weighted by Gasteiger charge is 2.44. The van der Waals surface area contributed by atoms with Crippen LogP contribution in [0.3, 0.4) is 0 Å². The molecule has 5 atom stereocenters. The molecule has 0 radical (unpaired) electrons. The molecule has 2 amide bonds. The Morgan fingerprint density at radius 1 is 0.541 bits per heavy atom. The summed E-state index contributed by atoms with van der Waals surface area (Å²) in [6, 6.07) is 0. The summed E-state index contributed by atoms with van der Waals surface area (Å²) >= 11 is 0. The minimum absolute atomic E-state index is 0.0197. The molecular weight excluding hydrogens is 791 g/mol. The third-order valence-corrected chi connectivity index (χ3v) is 12.1. The number of aliphatic carboxylic acids is 2. The molecule has 61 heavy (non-hydrogen) atoms. The fourth-order valence-electron chi connectivity index (χ4n) is 8.41. The van der Waals surface area contributed by atoms with Gasteiger partial charge in [0.05, 0.1) is 19.7 Å². The summed E-state index contributed by atoms with van der Waals surface area (Å²) in [7, 11) is 0. The zero-order chi connectivity index (χ0) is 44.2. The van der Waals surface area contributed by atoms with E-state index < -0.39 is 49.3 Å². The van der Waals surface area contributed by atoms with Crippen molar-refractivity contribution in [1.29, 1.82) is 0 Å². The molecule has 0 bridgehead atoms. The van der Waals surface area contributed by atoms with Gasteiger partial charge in [-0.3, -0.25) is 33.9 Å². The van der Waals surface area contributed by atoms with Gasteiger partial charge in [0.2, 0.25) is 0 Å². The second-order valence-electron chi connectivity index (χ2n) is 17.1. The van der Waals surface area contributed by atoms with Crippen LogP contribution in [0.5, 0.6) is 0 Å². The van der Waals surface area contributed by atoms with E-state index in [2.05, 4.69) is 19.6 Å². The van der Waals surface area contributed by atoms with E-state index in [9.17, 15) is 49.8 Å². The van der Waals surface area contributed by atoms with Crippen LogP contribution in [0.2, 0.25) is 0 Å². The highest BCUT2D eigenvalue weighted by Crippen LogP contribution is 2.22. The van der Waals surface area contributed by atoms with Gasteiger partial charge in [0.1, 0.15) is 24.4 Å². The molecule has 2 fully saturated rings. The lowest BCUT2D eigenvalue weighted by molar-refractivity contribution is -0.301. The van der Waals surface area contributed by atoms with Crippen LogP contribution >= 0.6 is 0 Å².